The highest BCUT2D eigenvalue weighted by Gasteiger charge is 2.70. The van der Waals surface area contributed by atoms with Gasteiger partial charge in [-0.1, -0.05) is 26.3 Å². The minimum Gasteiger partial charge on any atom is -0.295 e. The maximum atomic E-state index is 12.1. The molecule has 5 aliphatic rings. The molecule has 4 fully saturated rings. The molecule has 4 saturated carbocycles. The fraction of sp³-hybridized carbons (Fsp3) is 0.826. The Morgan fingerprint density at radius 3 is 2.72 bits per heavy atom. The molecule has 9 atom stereocenters. The van der Waals surface area contributed by atoms with E-state index >= 15 is 0 Å². The number of allylic oxidation sites excluding steroid dienone is 1. The molecule has 0 spiro atoms. The number of carbonyl (C=O) groups is 1. The van der Waals surface area contributed by atoms with Crippen LogP contribution < -0.4 is 0 Å². The average Bonchev–Trinajstić information content (AvgIpc) is 3.30. The maximum absolute atomic E-state index is 12.1. The van der Waals surface area contributed by atoms with Crippen molar-refractivity contribution in [2.75, 3.05) is 0 Å². The van der Waals surface area contributed by atoms with Gasteiger partial charge in [0.25, 0.3) is 0 Å². The molecule has 0 aliphatic heterocycles. The first kappa shape index (κ1) is 16.1. The van der Waals surface area contributed by atoms with Crippen LogP contribution in [0.1, 0.15) is 65.7 Å². The molecule has 2 heteroatoms. The minimum atomic E-state index is 0.244. The van der Waals surface area contributed by atoms with Crippen molar-refractivity contribution in [1.29, 1.82) is 5.26 Å². The first-order chi connectivity index (χ1) is 11.9. The average molecular weight is 338 g/mol. The number of nitriles is 1. The molecule has 2 nitrogen and oxygen atoms in total. The number of fused-ring (bicyclic) bond motifs is 7. The lowest BCUT2D eigenvalue weighted by molar-refractivity contribution is -0.118. The van der Waals surface area contributed by atoms with Gasteiger partial charge in [0, 0.05) is 6.42 Å². The van der Waals surface area contributed by atoms with Gasteiger partial charge in [-0.2, -0.15) is 5.26 Å². The van der Waals surface area contributed by atoms with Gasteiger partial charge >= 0.3 is 0 Å². The van der Waals surface area contributed by atoms with E-state index in [9.17, 15) is 10.1 Å². The Bertz CT molecular complexity index is 701. The van der Waals surface area contributed by atoms with E-state index in [1.54, 1.807) is 0 Å². The summed E-state index contributed by atoms with van der Waals surface area (Å²) in [7, 11) is 0. The summed E-state index contributed by atoms with van der Waals surface area (Å²) in [4.78, 5) is 12.1. The van der Waals surface area contributed by atoms with Gasteiger partial charge in [-0.05, 0) is 90.9 Å². The fourth-order valence-electron chi connectivity index (χ4n) is 8.39. The molecule has 134 valence electrons. The number of hydrogen-bond donors (Lipinski definition) is 0. The second-order valence-corrected chi connectivity index (χ2v) is 10.3. The van der Waals surface area contributed by atoms with E-state index in [1.807, 2.05) is 6.08 Å². The summed E-state index contributed by atoms with van der Waals surface area (Å²) >= 11 is 0. The van der Waals surface area contributed by atoms with Crippen LogP contribution in [0.5, 0.6) is 0 Å². The smallest absolute Gasteiger partial charge is 0.155 e. The summed E-state index contributed by atoms with van der Waals surface area (Å²) in [5, 5.41) is 9.83. The number of nitrogens with zero attached hydrogens (tertiary/aromatic N) is 1. The van der Waals surface area contributed by atoms with E-state index in [-0.39, 0.29) is 10.8 Å². The lowest BCUT2D eigenvalue weighted by atomic mass is 9.44. The second-order valence-electron chi connectivity index (χ2n) is 10.3. The highest BCUT2D eigenvalue weighted by Crippen LogP contribution is 2.75. The first-order valence-corrected chi connectivity index (χ1v) is 10.6. The second kappa shape index (κ2) is 4.99. The number of rotatable bonds is 1. The highest BCUT2D eigenvalue weighted by atomic mass is 16.1. The summed E-state index contributed by atoms with van der Waals surface area (Å²) in [6, 6.07) is 2.73. The Balaban J connectivity index is 1.57. The van der Waals surface area contributed by atoms with Crippen LogP contribution in [0.3, 0.4) is 0 Å². The molecule has 1 unspecified atom stereocenters. The molecule has 0 aromatic carbocycles. The van der Waals surface area contributed by atoms with Crippen molar-refractivity contribution in [3.05, 3.63) is 11.6 Å². The van der Waals surface area contributed by atoms with Crippen molar-refractivity contribution in [3.63, 3.8) is 0 Å². The van der Waals surface area contributed by atoms with E-state index in [2.05, 4.69) is 26.8 Å². The molecular weight excluding hydrogens is 306 g/mol. The Morgan fingerprint density at radius 2 is 2.00 bits per heavy atom. The number of ketones is 1. The van der Waals surface area contributed by atoms with Crippen LogP contribution in [0, 0.1) is 63.6 Å². The molecule has 0 saturated heterocycles. The van der Waals surface area contributed by atoms with Gasteiger partial charge in [0.15, 0.2) is 5.78 Å². The number of carbonyl (C=O) groups excluding carboxylic acids is 1. The van der Waals surface area contributed by atoms with E-state index in [4.69, 9.17) is 0 Å². The summed E-state index contributed by atoms with van der Waals surface area (Å²) in [5.74, 6) is 5.09. The topological polar surface area (TPSA) is 40.9 Å². The van der Waals surface area contributed by atoms with Crippen molar-refractivity contribution in [2.24, 2.45) is 52.3 Å². The highest BCUT2D eigenvalue weighted by molar-refractivity contribution is 5.91. The summed E-state index contributed by atoms with van der Waals surface area (Å²) < 4.78 is 0. The van der Waals surface area contributed by atoms with Gasteiger partial charge in [-0.25, -0.2) is 0 Å². The Labute approximate surface area is 152 Å². The Hall–Kier alpha value is -1.10. The van der Waals surface area contributed by atoms with Gasteiger partial charge in [-0.3, -0.25) is 4.79 Å². The third kappa shape index (κ3) is 1.88. The van der Waals surface area contributed by atoms with E-state index in [1.165, 1.54) is 31.3 Å². The SMILES string of the molecule is CCC1C[C@H]2[C@@H]3[C@H]4C[C@H]4[C@H](C#N)[C@@]3(C)CC[C@@H]2[C@@]2(C)CCC(=O)C=C12. The third-order valence-corrected chi connectivity index (χ3v) is 9.54. The van der Waals surface area contributed by atoms with E-state index in [0.29, 0.717) is 23.5 Å². The summed E-state index contributed by atoms with van der Waals surface area (Å²) in [6.07, 6.45) is 10.1. The van der Waals surface area contributed by atoms with Crippen LogP contribution in [-0.4, -0.2) is 5.78 Å². The van der Waals surface area contributed by atoms with Crippen molar-refractivity contribution < 1.29 is 4.79 Å². The molecular formula is C23H31NO. The van der Waals surface area contributed by atoms with Crippen LogP contribution in [0.4, 0.5) is 0 Å². The molecule has 25 heavy (non-hydrogen) atoms. The van der Waals surface area contributed by atoms with Crippen LogP contribution in [-0.2, 0) is 4.79 Å². The predicted molar refractivity (Wildman–Crippen MR) is 97.3 cm³/mol. The molecule has 5 rings (SSSR count). The summed E-state index contributed by atoms with van der Waals surface area (Å²) in [5.41, 5.74) is 2.01. The van der Waals surface area contributed by atoms with Crippen LogP contribution in [0.2, 0.25) is 0 Å². The largest absolute Gasteiger partial charge is 0.295 e. The van der Waals surface area contributed by atoms with Gasteiger partial charge < -0.3 is 0 Å². The van der Waals surface area contributed by atoms with Crippen LogP contribution >= 0.6 is 0 Å². The van der Waals surface area contributed by atoms with Gasteiger partial charge in [0.1, 0.15) is 0 Å². The van der Waals surface area contributed by atoms with Crippen LogP contribution in [0.25, 0.3) is 0 Å². The van der Waals surface area contributed by atoms with E-state index in [0.717, 1.165) is 42.9 Å². The van der Waals surface area contributed by atoms with Gasteiger partial charge in [0.2, 0.25) is 0 Å². The standard InChI is InChI=1S/C23H31NO/c1-4-13-9-17-18(22(2)7-5-14(25)10-19(13)22)6-8-23(3)20(12-24)15-11-16(15)21(17)23/h10,13,15-18,20-21H,4-9,11H2,1-3H3/t13?,15-,16+,17-,18+,20+,21+,22-,23-/m1/s1. The lowest BCUT2D eigenvalue weighted by Gasteiger charge is -2.60. The third-order valence-electron chi connectivity index (χ3n) is 9.54. The van der Waals surface area contributed by atoms with Crippen molar-refractivity contribution in [2.45, 2.75) is 65.7 Å². The molecule has 0 heterocycles. The zero-order chi connectivity index (χ0) is 17.6. The van der Waals surface area contributed by atoms with Crippen molar-refractivity contribution in [1.82, 2.24) is 0 Å². The molecule has 0 N–H and O–H groups in total. The van der Waals surface area contributed by atoms with Crippen LogP contribution in [0.15, 0.2) is 11.6 Å². The van der Waals surface area contributed by atoms with Gasteiger partial charge in [-0.15, -0.1) is 0 Å². The zero-order valence-electron chi connectivity index (χ0n) is 15.9. The quantitative estimate of drug-likeness (QED) is 0.664. The van der Waals surface area contributed by atoms with E-state index < -0.39 is 0 Å². The monoisotopic (exact) mass is 337 g/mol. The predicted octanol–water partition coefficient (Wildman–Crippen LogP) is 5.15. The van der Waals surface area contributed by atoms with Crippen molar-refractivity contribution >= 4 is 5.78 Å². The molecule has 0 amide bonds. The lowest BCUT2D eigenvalue weighted by Crippen LogP contribution is -2.53. The zero-order valence-corrected chi connectivity index (χ0v) is 15.9. The Morgan fingerprint density at radius 1 is 1.20 bits per heavy atom. The van der Waals surface area contributed by atoms with Gasteiger partial charge in [0.05, 0.1) is 12.0 Å². The molecule has 0 bridgehead atoms. The first-order valence-electron chi connectivity index (χ1n) is 10.6. The molecule has 0 aromatic rings. The molecule has 5 aliphatic carbocycles. The normalized spacial score (nSPS) is 56.0. The van der Waals surface area contributed by atoms with Crippen molar-refractivity contribution in [3.8, 4) is 6.07 Å². The molecule has 0 aromatic heterocycles. The number of hydrogen-bond acceptors (Lipinski definition) is 2. The Kier molecular flexibility index (Phi) is 3.22. The maximum Gasteiger partial charge on any atom is 0.155 e. The minimum absolute atomic E-state index is 0.244. The summed E-state index contributed by atoms with van der Waals surface area (Å²) in [6.45, 7) is 7.24. The fourth-order valence-corrected chi connectivity index (χ4v) is 8.39. The molecule has 0 radical (unpaired) electrons.